The second-order valence-corrected chi connectivity index (χ2v) is 13.8. The second kappa shape index (κ2) is 11.4. The van der Waals surface area contributed by atoms with Crippen molar-refractivity contribution in [3.8, 4) is 39.9 Å². The molecule has 0 saturated carbocycles. The summed E-state index contributed by atoms with van der Waals surface area (Å²) in [4.78, 5) is 20.0. The summed E-state index contributed by atoms with van der Waals surface area (Å²) in [6, 6.07) is 52.3. The molecule has 0 spiro atoms. The Hall–Kier alpha value is -7.64. The Bertz CT molecular complexity index is 3470. The van der Waals surface area contributed by atoms with Gasteiger partial charge >= 0.3 is 0 Å². The summed E-state index contributed by atoms with van der Waals surface area (Å²) in [6.45, 7) is 0. The van der Waals surface area contributed by atoms with E-state index in [4.69, 9.17) is 23.8 Å². The van der Waals surface area contributed by atoms with Gasteiger partial charge in [0.25, 0.3) is 0 Å². The first-order valence-electron chi connectivity index (χ1n) is 18.2. The fraction of sp³-hybridized carbons (Fsp3) is 0. The predicted molar refractivity (Wildman–Crippen MR) is 220 cm³/mol. The van der Waals surface area contributed by atoms with Crippen LogP contribution in [0.4, 0.5) is 0 Å². The van der Waals surface area contributed by atoms with Gasteiger partial charge in [0.15, 0.2) is 17.2 Å². The zero-order chi connectivity index (χ0) is 36.0. The molecule has 0 radical (unpaired) electrons. The van der Waals surface area contributed by atoms with Crippen LogP contribution in [0.15, 0.2) is 173 Å². The van der Waals surface area contributed by atoms with Crippen molar-refractivity contribution in [3.05, 3.63) is 164 Å². The van der Waals surface area contributed by atoms with Crippen LogP contribution in [0.5, 0.6) is 0 Å². The molecule has 0 amide bonds. The number of para-hydroxylation sites is 3. The first-order chi connectivity index (χ1) is 27.3. The summed E-state index contributed by atoms with van der Waals surface area (Å²) in [5.74, 6) is 1.66. The number of nitrogens with zero attached hydrogens (tertiary/aromatic N) is 5. The van der Waals surface area contributed by atoms with E-state index in [2.05, 4.69) is 131 Å². The van der Waals surface area contributed by atoms with Crippen LogP contribution in [0.1, 0.15) is 0 Å². The molecule has 55 heavy (non-hydrogen) atoms. The molecular formula is C48H27N5O2. The van der Waals surface area contributed by atoms with E-state index < -0.39 is 0 Å². The van der Waals surface area contributed by atoms with Gasteiger partial charge in [0.1, 0.15) is 16.7 Å². The lowest BCUT2D eigenvalue weighted by Crippen LogP contribution is -2.06. The summed E-state index contributed by atoms with van der Waals surface area (Å²) in [5, 5.41) is 8.63. The third-order valence-electron chi connectivity index (χ3n) is 10.8. The van der Waals surface area contributed by atoms with Gasteiger partial charge in [-0.05, 0) is 70.4 Å². The molecule has 0 aliphatic heterocycles. The van der Waals surface area contributed by atoms with Crippen molar-refractivity contribution in [2.45, 2.75) is 0 Å². The molecule has 0 fully saturated rings. The Kier molecular flexibility index (Phi) is 6.21. The van der Waals surface area contributed by atoms with Crippen molar-refractivity contribution < 1.29 is 8.83 Å². The molecule has 5 heterocycles. The van der Waals surface area contributed by atoms with Gasteiger partial charge in [-0.2, -0.15) is 9.97 Å². The zero-order valence-electron chi connectivity index (χ0n) is 29.1. The summed E-state index contributed by atoms with van der Waals surface area (Å²) >= 11 is 0. The molecule has 7 nitrogen and oxygen atoms in total. The van der Waals surface area contributed by atoms with Gasteiger partial charge in [-0.25, -0.2) is 4.98 Å². The fourth-order valence-electron chi connectivity index (χ4n) is 8.35. The molecule has 0 bridgehead atoms. The lowest BCUT2D eigenvalue weighted by atomic mass is 9.92. The highest BCUT2D eigenvalue weighted by Crippen LogP contribution is 2.42. The Balaban J connectivity index is 1.12. The maximum Gasteiger partial charge on any atom is 0.238 e. The zero-order valence-corrected chi connectivity index (χ0v) is 29.1. The Morgan fingerprint density at radius 3 is 1.85 bits per heavy atom. The number of aromatic nitrogens is 5. The van der Waals surface area contributed by atoms with Crippen LogP contribution in [0.25, 0.3) is 116 Å². The van der Waals surface area contributed by atoms with E-state index >= 15 is 0 Å². The monoisotopic (exact) mass is 705 g/mol. The van der Waals surface area contributed by atoms with Crippen molar-refractivity contribution in [1.29, 1.82) is 0 Å². The van der Waals surface area contributed by atoms with Crippen LogP contribution in [0, 0.1) is 0 Å². The minimum Gasteiger partial charge on any atom is -0.456 e. The number of furan rings is 2. The molecule has 12 aromatic rings. The van der Waals surface area contributed by atoms with E-state index in [1.54, 1.807) is 12.4 Å². The first-order valence-corrected chi connectivity index (χ1v) is 18.2. The van der Waals surface area contributed by atoms with Crippen molar-refractivity contribution in [1.82, 2.24) is 24.5 Å². The highest BCUT2D eigenvalue weighted by atomic mass is 16.3. The maximum atomic E-state index is 6.29. The topological polar surface area (TPSA) is 82.8 Å². The fourth-order valence-corrected chi connectivity index (χ4v) is 8.35. The smallest absolute Gasteiger partial charge is 0.238 e. The highest BCUT2D eigenvalue weighted by molar-refractivity contribution is 6.16. The van der Waals surface area contributed by atoms with Gasteiger partial charge < -0.3 is 8.83 Å². The summed E-state index contributed by atoms with van der Waals surface area (Å²) in [7, 11) is 0. The van der Waals surface area contributed by atoms with Gasteiger partial charge in [0.2, 0.25) is 5.95 Å². The molecule has 0 atom stereocenters. The maximum absolute atomic E-state index is 6.29. The van der Waals surface area contributed by atoms with E-state index in [1.807, 2.05) is 30.3 Å². The molecule has 0 aliphatic carbocycles. The van der Waals surface area contributed by atoms with Crippen LogP contribution in [0.3, 0.4) is 0 Å². The van der Waals surface area contributed by atoms with Crippen molar-refractivity contribution >= 4 is 76.5 Å². The number of hydrogen-bond donors (Lipinski definition) is 0. The van der Waals surface area contributed by atoms with Gasteiger partial charge in [0, 0.05) is 49.6 Å². The van der Waals surface area contributed by atoms with Gasteiger partial charge in [-0.1, -0.05) is 103 Å². The molecule has 12 rings (SSSR count). The molecule has 0 saturated heterocycles. The Morgan fingerprint density at radius 2 is 1.04 bits per heavy atom. The van der Waals surface area contributed by atoms with E-state index in [1.165, 1.54) is 0 Å². The Morgan fingerprint density at radius 1 is 0.400 bits per heavy atom. The number of rotatable bonds is 4. The predicted octanol–water partition coefficient (Wildman–Crippen LogP) is 12.3. The van der Waals surface area contributed by atoms with E-state index in [9.17, 15) is 0 Å². The molecule has 7 heteroatoms. The van der Waals surface area contributed by atoms with E-state index in [-0.39, 0.29) is 0 Å². The molecule has 7 aromatic carbocycles. The summed E-state index contributed by atoms with van der Waals surface area (Å²) in [6.07, 6.45) is 3.54. The van der Waals surface area contributed by atoms with Gasteiger partial charge in [0.05, 0.1) is 17.2 Å². The minimum atomic E-state index is 0.536. The number of benzene rings is 7. The van der Waals surface area contributed by atoms with Crippen molar-refractivity contribution in [3.63, 3.8) is 0 Å². The van der Waals surface area contributed by atoms with Crippen molar-refractivity contribution in [2.24, 2.45) is 0 Å². The normalized spacial score (nSPS) is 12.0. The molecule has 5 aromatic heterocycles. The molecule has 256 valence electrons. The average molecular weight is 706 g/mol. The van der Waals surface area contributed by atoms with Gasteiger partial charge in [-0.15, -0.1) is 0 Å². The van der Waals surface area contributed by atoms with Crippen molar-refractivity contribution in [2.75, 3.05) is 0 Å². The van der Waals surface area contributed by atoms with Crippen LogP contribution in [-0.4, -0.2) is 24.5 Å². The quantitative estimate of drug-likeness (QED) is 0.181. The number of hydrogen-bond acceptors (Lipinski definition) is 6. The molecule has 0 aliphatic rings. The highest BCUT2D eigenvalue weighted by Gasteiger charge is 2.21. The minimum absolute atomic E-state index is 0.536. The van der Waals surface area contributed by atoms with Gasteiger partial charge in [-0.3, -0.25) is 9.55 Å². The third kappa shape index (κ3) is 4.44. The lowest BCUT2D eigenvalue weighted by molar-refractivity contribution is 0.667. The number of pyridine rings is 1. The summed E-state index contributed by atoms with van der Waals surface area (Å²) < 4.78 is 14.7. The average Bonchev–Trinajstić information content (AvgIpc) is 3.92. The Labute approximate surface area is 312 Å². The standard InChI is InChI=1S/C48H27N5O2/c1-2-11-30-29(10-1)31(36-15-9-19-42-45(36)38-14-5-8-18-41(38)54-42)22-23-37(30)47-50-46(28-20-21-34-35-24-25-49-27-44(35)55-43(34)26-28)51-48(52-47)53-39-16-6-3-12-32(39)33-13-4-7-17-40(33)53/h1-27H. The second-order valence-electron chi connectivity index (χ2n) is 13.8. The van der Waals surface area contributed by atoms with Crippen LogP contribution in [0.2, 0.25) is 0 Å². The summed E-state index contributed by atoms with van der Waals surface area (Å²) in [5.41, 5.74) is 9.22. The van der Waals surface area contributed by atoms with Crippen LogP contribution < -0.4 is 0 Å². The molecule has 0 unspecified atom stereocenters. The third-order valence-corrected chi connectivity index (χ3v) is 10.8. The first kappa shape index (κ1) is 29.9. The lowest BCUT2D eigenvalue weighted by Gasteiger charge is -2.14. The number of fused-ring (bicyclic) bond motifs is 10. The largest absolute Gasteiger partial charge is 0.456 e. The SMILES string of the molecule is c1ccc2c(c1)oc1cccc(-c3ccc(-c4nc(-c5ccc6c(c5)oc5cnccc56)nc(-n5c6ccccc6c6ccccc65)n4)c4ccccc34)c12. The molecular weight excluding hydrogens is 679 g/mol. The van der Waals surface area contributed by atoms with Crippen LogP contribution >= 0.6 is 0 Å². The molecule has 0 N–H and O–H groups in total. The van der Waals surface area contributed by atoms with E-state index in [0.717, 1.165) is 98.7 Å². The van der Waals surface area contributed by atoms with E-state index in [0.29, 0.717) is 17.6 Å². The van der Waals surface area contributed by atoms with Crippen LogP contribution in [-0.2, 0) is 0 Å².